The highest BCUT2D eigenvalue weighted by Crippen LogP contribution is 2.28. The molecule has 0 bridgehead atoms. The number of phenols is 1. The van der Waals surface area contributed by atoms with E-state index in [9.17, 15) is 5.11 Å². The summed E-state index contributed by atoms with van der Waals surface area (Å²) in [6, 6.07) is 14.9. The third kappa shape index (κ3) is 2.28. The molecular weight excluding hydrogens is 224 g/mol. The Morgan fingerprint density at radius 3 is 2.39 bits per heavy atom. The Balaban J connectivity index is 2.43. The van der Waals surface area contributed by atoms with Crippen LogP contribution in [0.5, 0.6) is 5.75 Å². The van der Waals surface area contributed by atoms with E-state index in [4.69, 9.17) is 5.26 Å². The van der Waals surface area contributed by atoms with Crippen molar-refractivity contribution in [2.75, 3.05) is 11.9 Å². The van der Waals surface area contributed by atoms with E-state index in [1.807, 2.05) is 49.2 Å². The number of phenolic OH excluding ortho intramolecular Hbond substituents is 1. The molecule has 0 aliphatic rings. The summed E-state index contributed by atoms with van der Waals surface area (Å²) in [5.74, 6) is 0.233. The van der Waals surface area contributed by atoms with Gasteiger partial charge in [-0.3, -0.25) is 0 Å². The molecular formula is C15H14N2O. The number of benzene rings is 2. The Labute approximate surface area is 107 Å². The molecule has 1 N–H and O–H groups in total. The van der Waals surface area contributed by atoms with Crippen molar-refractivity contribution in [1.82, 2.24) is 0 Å². The maximum absolute atomic E-state index is 9.28. The van der Waals surface area contributed by atoms with E-state index in [1.165, 1.54) is 0 Å². The largest absolute Gasteiger partial charge is 0.508 e. The van der Waals surface area contributed by atoms with Crippen molar-refractivity contribution < 1.29 is 5.11 Å². The van der Waals surface area contributed by atoms with Crippen LogP contribution < -0.4 is 4.90 Å². The first-order chi connectivity index (χ1) is 8.61. The fraction of sp³-hybridized carbons (Fsp3) is 0.133. The van der Waals surface area contributed by atoms with E-state index in [0.717, 1.165) is 16.9 Å². The molecule has 0 unspecified atom stereocenters. The van der Waals surface area contributed by atoms with E-state index in [2.05, 4.69) is 6.07 Å². The molecule has 3 heteroatoms. The van der Waals surface area contributed by atoms with Gasteiger partial charge in [-0.25, -0.2) is 0 Å². The highest BCUT2D eigenvalue weighted by Gasteiger charge is 2.09. The summed E-state index contributed by atoms with van der Waals surface area (Å²) in [5.41, 5.74) is 3.49. The molecule has 3 nitrogen and oxygen atoms in total. The minimum atomic E-state index is 0.233. The molecule has 2 aromatic carbocycles. The summed E-state index contributed by atoms with van der Waals surface area (Å²) in [4.78, 5) is 1.93. The summed E-state index contributed by atoms with van der Waals surface area (Å²) >= 11 is 0. The molecule has 0 aromatic heterocycles. The van der Waals surface area contributed by atoms with Gasteiger partial charge in [-0.2, -0.15) is 5.26 Å². The molecule has 2 aromatic rings. The monoisotopic (exact) mass is 238 g/mol. The van der Waals surface area contributed by atoms with Gasteiger partial charge >= 0.3 is 0 Å². The van der Waals surface area contributed by atoms with Gasteiger partial charge in [-0.15, -0.1) is 0 Å². The van der Waals surface area contributed by atoms with Gasteiger partial charge in [0, 0.05) is 12.7 Å². The lowest BCUT2D eigenvalue weighted by molar-refractivity contribution is 0.475. The van der Waals surface area contributed by atoms with Gasteiger partial charge in [-0.1, -0.05) is 6.07 Å². The van der Waals surface area contributed by atoms with Gasteiger partial charge < -0.3 is 10.0 Å². The van der Waals surface area contributed by atoms with Gasteiger partial charge in [0.15, 0.2) is 0 Å². The van der Waals surface area contributed by atoms with Gasteiger partial charge in [0.1, 0.15) is 11.8 Å². The topological polar surface area (TPSA) is 47.3 Å². The van der Waals surface area contributed by atoms with E-state index in [1.54, 1.807) is 12.1 Å². The molecule has 0 saturated carbocycles. The Morgan fingerprint density at radius 1 is 1.11 bits per heavy atom. The lowest BCUT2D eigenvalue weighted by Gasteiger charge is -2.21. The molecule has 0 aliphatic carbocycles. The van der Waals surface area contributed by atoms with Crippen molar-refractivity contribution in [2.24, 2.45) is 0 Å². The van der Waals surface area contributed by atoms with Crippen molar-refractivity contribution >= 4 is 11.4 Å². The predicted octanol–water partition coefficient (Wildman–Crippen LogP) is 3.34. The van der Waals surface area contributed by atoms with Gasteiger partial charge in [0.2, 0.25) is 0 Å². The summed E-state index contributed by atoms with van der Waals surface area (Å²) in [6.45, 7) is 1.96. The van der Waals surface area contributed by atoms with E-state index < -0.39 is 0 Å². The average molecular weight is 238 g/mol. The third-order valence-electron chi connectivity index (χ3n) is 2.87. The number of nitriles is 1. The Hall–Kier alpha value is -2.47. The van der Waals surface area contributed by atoms with Crippen LogP contribution in [0.3, 0.4) is 0 Å². The SMILES string of the molecule is Cc1ccc(N(C)c2ccc(O)cc2)c(C#N)c1. The molecule has 0 fully saturated rings. The quantitative estimate of drug-likeness (QED) is 0.872. The first-order valence-electron chi connectivity index (χ1n) is 5.65. The number of hydrogen-bond acceptors (Lipinski definition) is 3. The first-order valence-corrected chi connectivity index (χ1v) is 5.65. The number of anilines is 2. The minimum absolute atomic E-state index is 0.233. The molecule has 0 aliphatic heterocycles. The van der Waals surface area contributed by atoms with E-state index in [0.29, 0.717) is 5.56 Å². The fourth-order valence-corrected chi connectivity index (χ4v) is 1.85. The van der Waals surface area contributed by atoms with Crippen LogP contribution in [0.15, 0.2) is 42.5 Å². The minimum Gasteiger partial charge on any atom is -0.508 e. The number of aromatic hydroxyl groups is 1. The van der Waals surface area contributed by atoms with Crippen LogP contribution in [0.1, 0.15) is 11.1 Å². The number of rotatable bonds is 2. The molecule has 0 radical (unpaired) electrons. The fourth-order valence-electron chi connectivity index (χ4n) is 1.85. The van der Waals surface area contributed by atoms with Crippen LogP contribution in [0.2, 0.25) is 0 Å². The highest BCUT2D eigenvalue weighted by molar-refractivity contribution is 5.69. The number of hydrogen-bond donors (Lipinski definition) is 1. The Kier molecular flexibility index (Phi) is 3.20. The average Bonchev–Trinajstić information content (AvgIpc) is 2.38. The number of aryl methyl sites for hydroxylation is 1. The molecule has 90 valence electrons. The zero-order valence-electron chi connectivity index (χ0n) is 10.4. The van der Waals surface area contributed by atoms with Crippen LogP contribution in [-0.2, 0) is 0 Å². The maximum Gasteiger partial charge on any atom is 0.115 e. The lowest BCUT2D eigenvalue weighted by Crippen LogP contribution is -2.10. The summed E-state index contributed by atoms with van der Waals surface area (Å²) < 4.78 is 0. The van der Waals surface area contributed by atoms with Crippen LogP contribution in [0.25, 0.3) is 0 Å². The molecule has 0 amide bonds. The molecule has 0 atom stereocenters. The smallest absolute Gasteiger partial charge is 0.115 e. The van der Waals surface area contributed by atoms with Gasteiger partial charge in [0.25, 0.3) is 0 Å². The molecule has 0 saturated heterocycles. The predicted molar refractivity (Wildman–Crippen MR) is 72.1 cm³/mol. The third-order valence-corrected chi connectivity index (χ3v) is 2.87. The van der Waals surface area contributed by atoms with Gasteiger partial charge in [0.05, 0.1) is 11.3 Å². The second kappa shape index (κ2) is 4.80. The molecule has 18 heavy (non-hydrogen) atoms. The molecule has 2 rings (SSSR count). The zero-order valence-corrected chi connectivity index (χ0v) is 10.4. The lowest BCUT2D eigenvalue weighted by atomic mass is 10.1. The molecule has 0 spiro atoms. The van der Waals surface area contributed by atoms with Crippen LogP contribution in [-0.4, -0.2) is 12.2 Å². The standard InChI is InChI=1S/C15H14N2O/c1-11-3-8-15(12(9-11)10-16)17(2)13-4-6-14(18)7-5-13/h3-9,18H,1-2H3. The van der Waals surface area contributed by atoms with E-state index in [-0.39, 0.29) is 5.75 Å². The maximum atomic E-state index is 9.28. The van der Waals surface area contributed by atoms with Crippen molar-refractivity contribution in [3.05, 3.63) is 53.6 Å². The second-order valence-electron chi connectivity index (χ2n) is 4.21. The van der Waals surface area contributed by atoms with Crippen molar-refractivity contribution in [2.45, 2.75) is 6.92 Å². The van der Waals surface area contributed by atoms with Crippen LogP contribution in [0.4, 0.5) is 11.4 Å². The normalized spacial score (nSPS) is 9.83. The second-order valence-corrected chi connectivity index (χ2v) is 4.21. The van der Waals surface area contributed by atoms with Crippen LogP contribution >= 0.6 is 0 Å². The Morgan fingerprint density at radius 2 is 1.78 bits per heavy atom. The van der Waals surface area contributed by atoms with Crippen molar-refractivity contribution in [3.63, 3.8) is 0 Å². The van der Waals surface area contributed by atoms with Crippen molar-refractivity contribution in [3.8, 4) is 11.8 Å². The summed E-state index contributed by atoms with van der Waals surface area (Å²) in [5, 5.41) is 18.4. The zero-order chi connectivity index (χ0) is 13.1. The Bertz CT molecular complexity index is 597. The van der Waals surface area contributed by atoms with Crippen molar-refractivity contribution in [1.29, 1.82) is 5.26 Å². The summed E-state index contributed by atoms with van der Waals surface area (Å²) in [7, 11) is 1.90. The molecule has 0 heterocycles. The highest BCUT2D eigenvalue weighted by atomic mass is 16.3. The van der Waals surface area contributed by atoms with Crippen LogP contribution in [0, 0.1) is 18.3 Å². The van der Waals surface area contributed by atoms with Gasteiger partial charge in [-0.05, 0) is 48.9 Å². The number of nitrogens with zero attached hydrogens (tertiary/aromatic N) is 2. The van der Waals surface area contributed by atoms with E-state index >= 15 is 0 Å². The first kappa shape index (κ1) is 12.0. The summed E-state index contributed by atoms with van der Waals surface area (Å²) in [6.07, 6.45) is 0.